The molecule has 10 heteroatoms. The Morgan fingerprint density at radius 3 is 2.27 bits per heavy atom. The Labute approximate surface area is 131 Å². The zero-order chi connectivity index (χ0) is 16.9. The van der Waals surface area contributed by atoms with E-state index in [1.54, 1.807) is 6.07 Å². The number of hydrogen-bond donors (Lipinski definition) is 2. The molecule has 0 saturated heterocycles. The summed E-state index contributed by atoms with van der Waals surface area (Å²) in [6, 6.07) is 6.38. The summed E-state index contributed by atoms with van der Waals surface area (Å²) >= 11 is 2.96. The topological polar surface area (TPSA) is 164 Å². The van der Waals surface area contributed by atoms with Crippen LogP contribution in [-0.2, 0) is 0 Å². The van der Waals surface area contributed by atoms with Crippen LogP contribution in [0, 0.1) is 44.1 Å². The molecule has 0 amide bonds. The smallest absolute Gasteiger partial charge is 0.335 e. The predicted octanol–water partition coefficient (Wildman–Crippen LogP) is 2.29. The molecule has 22 heavy (non-hydrogen) atoms. The fourth-order valence-electron chi connectivity index (χ4n) is 1.39. The lowest BCUT2D eigenvalue weighted by Crippen LogP contribution is -2.06. The number of carbonyl (C=O) groups is 1. The minimum atomic E-state index is -1.37. The first kappa shape index (κ1) is 16.6. The van der Waals surface area contributed by atoms with Crippen molar-refractivity contribution in [2.45, 2.75) is 0 Å². The summed E-state index contributed by atoms with van der Waals surface area (Å²) in [6.07, 6.45) is 0. The molecule has 2 N–H and O–H groups in total. The highest BCUT2D eigenvalue weighted by atomic mass is 79.9. The second-order valence-electron chi connectivity index (χ2n) is 3.62. The van der Waals surface area contributed by atoms with Crippen LogP contribution in [0.1, 0.15) is 10.4 Å². The molecule has 0 aliphatic rings. The lowest BCUT2D eigenvalue weighted by molar-refractivity contribution is -0.384. The van der Waals surface area contributed by atoms with Crippen molar-refractivity contribution < 1.29 is 14.8 Å². The zero-order valence-electron chi connectivity index (χ0n) is 10.5. The third kappa shape index (κ3) is 3.37. The number of hydrogen-bond acceptors (Lipinski definition) is 7. The van der Waals surface area contributed by atoms with Crippen molar-refractivity contribution in [2.75, 3.05) is 5.32 Å². The molecule has 9 nitrogen and oxygen atoms in total. The van der Waals surface area contributed by atoms with E-state index in [1.807, 2.05) is 0 Å². The lowest BCUT2D eigenvalue weighted by Gasteiger charge is -2.09. The predicted molar refractivity (Wildman–Crippen MR) is 75.2 cm³/mol. The number of anilines is 1. The monoisotopic (exact) mass is 361 g/mol. The summed E-state index contributed by atoms with van der Waals surface area (Å²) < 4.78 is -0.0120. The summed E-state index contributed by atoms with van der Waals surface area (Å²) in [5.74, 6) is -1.37. The van der Waals surface area contributed by atoms with Gasteiger partial charge in [0, 0.05) is 10.5 Å². The molecule has 0 atom stereocenters. The fraction of sp³-hybridized carbons (Fsp3) is 0. The molecule has 0 aromatic heterocycles. The number of carboxylic acid groups (broad SMARTS) is 1. The van der Waals surface area contributed by atoms with Gasteiger partial charge in [0.05, 0.1) is 10.5 Å². The number of nitro benzene ring substituents is 1. The van der Waals surface area contributed by atoms with Gasteiger partial charge in [-0.1, -0.05) is 0 Å². The van der Waals surface area contributed by atoms with E-state index in [-0.39, 0.29) is 15.7 Å². The van der Waals surface area contributed by atoms with Gasteiger partial charge >= 0.3 is 5.97 Å². The molecule has 0 unspecified atom stereocenters. The second kappa shape index (κ2) is 6.84. The molecule has 0 aliphatic carbocycles. The number of carboxylic acids is 1. The van der Waals surface area contributed by atoms with Crippen molar-refractivity contribution in [2.24, 2.45) is 0 Å². The Morgan fingerprint density at radius 1 is 1.27 bits per heavy atom. The summed E-state index contributed by atoms with van der Waals surface area (Å²) in [5.41, 5.74) is -2.26. The molecule has 1 rings (SSSR count). The van der Waals surface area contributed by atoms with Crippen LogP contribution in [-0.4, -0.2) is 16.0 Å². The van der Waals surface area contributed by atoms with Crippen molar-refractivity contribution >= 4 is 33.3 Å². The maximum atomic E-state index is 11.1. The van der Waals surface area contributed by atoms with Gasteiger partial charge in [0.1, 0.15) is 29.6 Å². The maximum Gasteiger partial charge on any atom is 0.335 e. The molecule has 0 fully saturated rings. The first-order chi connectivity index (χ1) is 10.3. The molecule has 1 aromatic rings. The average Bonchev–Trinajstić information content (AvgIpc) is 2.47. The maximum absolute atomic E-state index is 11.1. The molecule has 108 valence electrons. The van der Waals surface area contributed by atoms with Gasteiger partial charge < -0.3 is 10.4 Å². The molecule has 0 aliphatic heterocycles. The van der Waals surface area contributed by atoms with Crippen molar-refractivity contribution in [3.05, 3.63) is 43.6 Å². The van der Waals surface area contributed by atoms with Crippen LogP contribution in [0.3, 0.4) is 0 Å². The first-order valence-corrected chi connectivity index (χ1v) is 6.07. The zero-order valence-corrected chi connectivity index (χ0v) is 12.1. The summed E-state index contributed by atoms with van der Waals surface area (Å²) in [4.78, 5) is 21.1. The van der Waals surface area contributed by atoms with Gasteiger partial charge in [0.2, 0.25) is 0 Å². The van der Waals surface area contributed by atoms with Gasteiger partial charge in [-0.05, 0) is 22.0 Å². The highest BCUT2D eigenvalue weighted by Crippen LogP contribution is 2.35. The molecular weight excluding hydrogens is 358 g/mol. The van der Waals surface area contributed by atoms with E-state index >= 15 is 0 Å². The lowest BCUT2D eigenvalue weighted by atomic mass is 10.1. The Balaban J connectivity index is 3.57. The van der Waals surface area contributed by atoms with E-state index in [1.165, 1.54) is 12.1 Å². The molecule has 0 spiro atoms. The molecule has 0 bridgehead atoms. The normalized spacial score (nSPS) is 8.82. The molecular formula is C12H4BrN5O4. The third-order valence-corrected chi connectivity index (χ3v) is 2.97. The van der Waals surface area contributed by atoms with E-state index in [0.29, 0.717) is 0 Å². The van der Waals surface area contributed by atoms with Gasteiger partial charge in [0.25, 0.3) is 5.69 Å². The number of aromatic carboxylic acids is 1. The summed E-state index contributed by atoms with van der Waals surface area (Å²) in [5, 5.41) is 48.6. The second-order valence-corrected chi connectivity index (χ2v) is 4.48. The van der Waals surface area contributed by atoms with E-state index in [9.17, 15) is 14.9 Å². The highest BCUT2D eigenvalue weighted by molar-refractivity contribution is 9.10. The largest absolute Gasteiger partial charge is 0.478 e. The average molecular weight is 362 g/mol. The molecule has 0 radical (unpaired) electrons. The third-order valence-electron chi connectivity index (χ3n) is 2.35. The molecule has 1 aromatic carbocycles. The Morgan fingerprint density at radius 2 is 1.86 bits per heavy atom. The van der Waals surface area contributed by atoms with Crippen molar-refractivity contribution in [1.82, 2.24) is 0 Å². The Bertz CT molecular complexity index is 810. The van der Waals surface area contributed by atoms with Crippen LogP contribution in [0.25, 0.3) is 0 Å². The van der Waals surface area contributed by atoms with Gasteiger partial charge in [-0.25, -0.2) is 4.79 Å². The van der Waals surface area contributed by atoms with Crippen LogP contribution in [0.4, 0.5) is 11.4 Å². The van der Waals surface area contributed by atoms with Crippen LogP contribution in [0.15, 0.2) is 27.9 Å². The standard InChI is InChI=1S/C12H4BrN5O4/c13-8-1-6(12(19)20)2-10(18(21)22)11(8)17-9(5-16)7(3-14)4-15/h1-2,17H,(H,19,20). The Hall–Kier alpha value is -3.42. The minimum absolute atomic E-state index is 0.0120. The van der Waals surface area contributed by atoms with E-state index in [2.05, 4.69) is 21.2 Å². The summed E-state index contributed by atoms with van der Waals surface area (Å²) in [6.45, 7) is 0. The fourth-order valence-corrected chi connectivity index (χ4v) is 1.94. The van der Waals surface area contributed by atoms with Gasteiger partial charge in [-0.3, -0.25) is 10.1 Å². The number of benzene rings is 1. The quantitative estimate of drug-likeness (QED) is 0.468. The van der Waals surface area contributed by atoms with Crippen LogP contribution >= 0.6 is 15.9 Å². The first-order valence-electron chi connectivity index (χ1n) is 5.28. The number of nitrogens with zero attached hydrogens (tertiary/aromatic N) is 4. The minimum Gasteiger partial charge on any atom is -0.478 e. The number of rotatable bonds is 4. The van der Waals surface area contributed by atoms with Crippen molar-refractivity contribution in [3.8, 4) is 18.2 Å². The number of allylic oxidation sites excluding steroid dienone is 2. The van der Waals surface area contributed by atoms with E-state index < -0.39 is 27.9 Å². The van der Waals surface area contributed by atoms with E-state index in [4.69, 9.17) is 20.9 Å². The summed E-state index contributed by atoms with van der Waals surface area (Å²) in [7, 11) is 0. The van der Waals surface area contributed by atoms with Gasteiger partial charge in [-0.2, -0.15) is 15.8 Å². The van der Waals surface area contributed by atoms with Crippen molar-refractivity contribution in [1.29, 1.82) is 15.8 Å². The number of nitro groups is 1. The van der Waals surface area contributed by atoms with Crippen molar-refractivity contribution in [3.63, 3.8) is 0 Å². The number of halogens is 1. The molecule has 0 heterocycles. The Kier molecular flexibility index (Phi) is 5.17. The van der Waals surface area contributed by atoms with E-state index in [0.717, 1.165) is 12.1 Å². The number of nitrogens with one attached hydrogen (secondary N) is 1. The SMILES string of the molecule is N#CC(C#N)=C(C#N)Nc1c(Br)cc(C(=O)O)cc1[N+](=O)[O-]. The van der Waals surface area contributed by atoms with Gasteiger partial charge in [-0.15, -0.1) is 0 Å². The van der Waals surface area contributed by atoms with Crippen LogP contribution in [0.2, 0.25) is 0 Å². The highest BCUT2D eigenvalue weighted by Gasteiger charge is 2.22. The van der Waals surface area contributed by atoms with Crippen LogP contribution in [0.5, 0.6) is 0 Å². The molecule has 0 saturated carbocycles. The van der Waals surface area contributed by atoms with Crippen LogP contribution < -0.4 is 5.32 Å². The van der Waals surface area contributed by atoms with Gasteiger partial charge in [0.15, 0.2) is 5.57 Å². The number of nitriles is 3.